The molecule has 3 aromatic heterocycles. The number of aromatic nitrogens is 4. The van der Waals surface area contributed by atoms with Crippen molar-refractivity contribution in [2.75, 3.05) is 6.26 Å². The van der Waals surface area contributed by atoms with Crippen LogP contribution in [0.25, 0.3) is 27.6 Å². The molecule has 33 heavy (non-hydrogen) atoms. The van der Waals surface area contributed by atoms with Crippen LogP contribution in [0.5, 0.6) is 0 Å². The molecular formula is C24H18N4O4S. The first-order chi connectivity index (χ1) is 15.8. The van der Waals surface area contributed by atoms with Crippen LogP contribution >= 0.6 is 0 Å². The van der Waals surface area contributed by atoms with E-state index >= 15 is 0 Å². The zero-order valence-electron chi connectivity index (χ0n) is 17.5. The summed E-state index contributed by atoms with van der Waals surface area (Å²) in [4.78, 5) is 35.6. The molecule has 9 heteroatoms. The average Bonchev–Trinajstić information content (AvgIpc) is 2.81. The van der Waals surface area contributed by atoms with Gasteiger partial charge in [-0.25, -0.2) is 22.8 Å². The average molecular weight is 458 g/mol. The molecular weight excluding hydrogens is 440 g/mol. The molecule has 0 unspecified atom stereocenters. The number of rotatable bonds is 4. The molecule has 0 saturated heterocycles. The molecule has 0 aliphatic heterocycles. The molecule has 5 aromatic rings. The van der Waals surface area contributed by atoms with Crippen LogP contribution < -0.4 is 11.2 Å². The van der Waals surface area contributed by atoms with E-state index in [2.05, 4.69) is 9.97 Å². The smallest absolute Gasteiger partial charge is 0.268 e. The lowest BCUT2D eigenvalue weighted by Crippen LogP contribution is -2.40. The lowest BCUT2D eigenvalue weighted by molar-refractivity contribution is 0.601. The second-order valence-corrected chi connectivity index (χ2v) is 9.66. The maximum atomic E-state index is 13.5. The highest BCUT2D eigenvalue weighted by Gasteiger charge is 2.17. The molecule has 0 fully saturated rings. The first-order valence-electron chi connectivity index (χ1n) is 10.1. The molecule has 0 aliphatic rings. The van der Waals surface area contributed by atoms with Crippen molar-refractivity contribution in [1.29, 1.82) is 0 Å². The van der Waals surface area contributed by atoms with Crippen molar-refractivity contribution in [2.24, 2.45) is 0 Å². The minimum atomic E-state index is -3.50. The molecule has 0 N–H and O–H groups in total. The van der Waals surface area contributed by atoms with Crippen LogP contribution in [0.1, 0.15) is 5.69 Å². The van der Waals surface area contributed by atoms with Crippen LogP contribution in [0.3, 0.4) is 0 Å². The number of hydrogen-bond donors (Lipinski definition) is 0. The number of pyridine rings is 2. The largest absolute Gasteiger partial charge is 0.337 e. The Bertz CT molecular complexity index is 1770. The van der Waals surface area contributed by atoms with Gasteiger partial charge in [-0.3, -0.25) is 14.3 Å². The number of hydrogen-bond acceptors (Lipinski definition) is 6. The van der Waals surface area contributed by atoms with Gasteiger partial charge in [-0.2, -0.15) is 0 Å². The fraction of sp³-hybridized carbons (Fsp3) is 0.0833. The van der Waals surface area contributed by atoms with E-state index < -0.39 is 21.1 Å². The predicted molar refractivity (Wildman–Crippen MR) is 126 cm³/mol. The molecule has 2 aromatic carbocycles. The van der Waals surface area contributed by atoms with Gasteiger partial charge in [0.1, 0.15) is 0 Å². The highest BCUT2D eigenvalue weighted by molar-refractivity contribution is 7.90. The first kappa shape index (κ1) is 20.8. The Morgan fingerprint density at radius 3 is 2.55 bits per heavy atom. The van der Waals surface area contributed by atoms with Crippen molar-refractivity contribution in [3.63, 3.8) is 0 Å². The van der Waals surface area contributed by atoms with E-state index in [9.17, 15) is 18.0 Å². The van der Waals surface area contributed by atoms with Crippen LogP contribution in [-0.4, -0.2) is 33.8 Å². The number of fused-ring (bicyclic) bond motifs is 2. The Morgan fingerprint density at radius 2 is 1.73 bits per heavy atom. The van der Waals surface area contributed by atoms with Crippen molar-refractivity contribution in [1.82, 2.24) is 19.1 Å². The second-order valence-electron chi connectivity index (χ2n) is 7.65. The summed E-state index contributed by atoms with van der Waals surface area (Å²) in [6.45, 7) is -0.0426. The maximum absolute atomic E-state index is 13.5. The lowest BCUT2D eigenvalue weighted by Gasteiger charge is -2.14. The van der Waals surface area contributed by atoms with E-state index in [1.54, 1.807) is 30.3 Å². The van der Waals surface area contributed by atoms with Gasteiger partial charge >= 0.3 is 5.69 Å². The third kappa shape index (κ3) is 3.72. The van der Waals surface area contributed by atoms with Gasteiger partial charge in [-0.05, 0) is 42.5 Å². The van der Waals surface area contributed by atoms with Gasteiger partial charge in [0.05, 0.1) is 33.7 Å². The number of nitrogens with zero attached hydrogens (tertiary/aromatic N) is 4. The minimum absolute atomic E-state index is 0.0426. The molecule has 0 radical (unpaired) electrons. The van der Waals surface area contributed by atoms with Gasteiger partial charge in [0, 0.05) is 17.8 Å². The normalized spacial score (nSPS) is 11.8. The first-order valence-corrected chi connectivity index (χ1v) is 12.0. The number of sulfone groups is 1. The van der Waals surface area contributed by atoms with Crippen molar-refractivity contribution in [3.8, 4) is 5.69 Å². The van der Waals surface area contributed by atoms with Crippen molar-refractivity contribution in [3.05, 3.63) is 106 Å². The monoisotopic (exact) mass is 458 g/mol. The molecule has 5 rings (SSSR count). The van der Waals surface area contributed by atoms with E-state index in [-0.39, 0.29) is 22.5 Å². The Kier molecular flexibility index (Phi) is 4.90. The fourth-order valence-electron chi connectivity index (χ4n) is 3.77. The van der Waals surface area contributed by atoms with Gasteiger partial charge in [0.15, 0.2) is 15.5 Å². The maximum Gasteiger partial charge on any atom is 0.337 e. The van der Waals surface area contributed by atoms with Gasteiger partial charge in [-0.1, -0.05) is 30.3 Å². The van der Waals surface area contributed by atoms with E-state index in [0.29, 0.717) is 11.4 Å². The fourth-order valence-corrected chi connectivity index (χ4v) is 4.43. The Morgan fingerprint density at radius 1 is 0.909 bits per heavy atom. The molecule has 0 spiro atoms. The molecule has 0 bridgehead atoms. The molecule has 0 amide bonds. The summed E-state index contributed by atoms with van der Waals surface area (Å²) in [5, 5.41) is 1.19. The standard InChI is InChI=1S/C24H18N4O4S/c1-33(31,32)19-8-4-7-18(14-19)28-22-20(9-5-13-25-22)23(29)27(24(28)30)15-17-12-11-16-6-2-3-10-21(16)26-17/h2-14H,15H2,1H3. The summed E-state index contributed by atoms with van der Waals surface area (Å²) in [6.07, 6.45) is 2.57. The Hall–Kier alpha value is -4.11. The summed E-state index contributed by atoms with van der Waals surface area (Å²) < 4.78 is 26.5. The van der Waals surface area contributed by atoms with Crippen LogP contribution in [0, 0.1) is 0 Å². The van der Waals surface area contributed by atoms with Gasteiger partial charge < -0.3 is 0 Å². The quantitative estimate of drug-likeness (QED) is 0.410. The third-order valence-corrected chi connectivity index (χ3v) is 6.49. The number of para-hydroxylation sites is 1. The molecule has 164 valence electrons. The summed E-state index contributed by atoms with van der Waals surface area (Å²) in [6, 6.07) is 20.4. The van der Waals surface area contributed by atoms with Crippen LogP contribution in [0.4, 0.5) is 0 Å². The summed E-state index contributed by atoms with van der Waals surface area (Å²) in [5.41, 5.74) is 0.632. The third-order valence-electron chi connectivity index (χ3n) is 5.38. The SMILES string of the molecule is CS(=O)(=O)c1cccc(-n2c(=O)n(Cc3ccc4ccccc4n3)c(=O)c3cccnc32)c1. The van der Waals surface area contributed by atoms with Gasteiger partial charge in [0.2, 0.25) is 0 Å². The molecule has 3 heterocycles. The van der Waals surface area contributed by atoms with Crippen LogP contribution in [-0.2, 0) is 16.4 Å². The van der Waals surface area contributed by atoms with Gasteiger partial charge in [0.25, 0.3) is 5.56 Å². The van der Waals surface area contributed by atoms with E-state index in [0.717, 1.165) is 21.7 Å². The second kappa shape index (κ2) is 7.79. The Balaban J connectivity index is 1.76. The van der Waals surface area contributed by atoms with Crippen LogP contribution in [0.15, 0.2) is 93.5 Å². The highest BCUT2D eigenvalue weighted by Crippen LogP contribution is 2.17. The molecule has 0 aliphatic carbocycles. The van der Waals surface area contributed by atoms with E-state index in [1.807, 2.05) is 30.3 Å². The zero-order valence-corrected chi connectivity index (χ0v) is 18.4. The molecule has 0 saturated carbocycles. The number of benzene rings is 2. The van der Waals surface area contributed by atoms with Gasteiger partial charge in [-0.15, -0.1) is 0 Å². The molecule has 0 atom stereocenters. The van der Waals surface area contributed by atoms with E-state index in [4.69, 9.17) is 0 Å². The summed E-state index contributed by atoms with van der Waals surface area (Å²) in [5.74, 6) is 0. The van der Waals surface area contributed by atoms with Crippen LogP contribution in [0.2, 0.25) is 0 Å². The van der Waals surface area contributed by atoms with Crippen molar-refractivity contribution >= 4 is 31.8 Å². The van der Waals surface area contributed by atoms with Crippen molar-refractivity contribution < 1.29 is 8.42 Å². The summed E-state index contributed by atoms with van der Waals surface area (Å²) in [7, 11) is -3.50. The topological polar surface area (TPSA) is 104 Å². The zero-order chi connectivity index (χ0) is 23.2. The lowest BCUT2D eigenvalue weighted by atomic mass is 10.2. The highest BCUT2D eigenvalue weighted by atomic mass is 32.2. The summed E-state index contributed by atoms with van der Waals surface area (Å²) >= 11 is 0. The van der Waals surface area contributed by atoms with E-state index in [1.165, 1.54) is 22.9 Å². The predicted octanol–water partition coefficient (Wildman–Crippen LogP) is 2.55. The molecule has 8 nitrogen and oxygen atoms in total. The Labute approximate surface area is 188 Å². The minimum Gasteiger partial charge on any atom is -0.268 e. The van der Waals surface area contributed by atoms with Crippen molar-refractivity contribution in [2.45, 2.75) is 11.4 Å².